The average molecular weight is 316 g/mol. The summed E-state index contributed by atoms with van der Waals surface area (Å²) in [6.45, 7) is 1.93. The van der Waals surface area contributed by atoms with Crippen LogP contribution in [0.1, 0.15) is 5.56 Å². The van der Waals surface area contributed by atoms with Crippen LogP contribution < -0.4 is 0 Å². The lowest BCUT2D eigenvalue weighted by Crippen LogP contribution is -1.87. The molecule has 1 aromatic heterocycles. The van der Waals surface area contributed by atoms with Crippen molar-refractivity contribution < 1.29 is 8.78 Å². The lowest BCUT2D eigenvalue weighted by Gasteiger charge is -2.04. The largest absolute Gasteiger partial charge is 0.248 e. The Morgan fingerprint density at radius 1 is 1.24 bits per heavy atom. The van der Waals surface area contributed by atoms with E-state index in [9.17, 15) is 8.78 Å². The SMILES string of the molecule is Cc1cc(Sc2ccc(F)cc2F)ncc1Br. The highest BCUT2D eigenvalue weighted by molar-refractivity contribution is 9.10. The van der Waals surface area contributed by atoms with Gasteiger partial charge in [-0.25, -0.2) is 13.8 Å². The molecule has 0 aliphatic rings. The predicted molar refractivity (Wildman–Crippen MR) is 67.2 cm³/mol. The van der Waals surface area contributed by atoms with E-state index in [0.717, 1.165) is 16.1 Å². The first-order valence-electron chi connectivity index (χ1n) is 4.81. The van der Waals surface area contributed by atoms with E-state index < -0.39 is 11.6 Å². The van der Waals surface area contributed by atoms with Gasteiger partial charge in [0.1, 0.15) is 16.7 Å². The van der Waals surface area contributed by atoms with Gasteiger partial charge in [0.25, 0.3) is 0 Å². The van der Waals surface area contributed by atoms with E-state index in [-0.39, 0.29) is 0 Å². The summed E-state index contributed by atoms with van der Waals surface area (Å²) in [6.07, 6.45) is 1.67. The van der Waals surface area contributed by atoms with Gasteiger partial charge in [-0.3, -0.25) is 0 Å². The van der Waals surface area contributed by atoms with Crippen molar-refractivity contribution in [2.45, 2.75) is 16.8 Å². The van der Waals surface area contributed by atoms with Gasteiger partial charge in [0, 0.05) is 21.6 Å². The number of benzene rings is 1. The Bertz CT molecular complexity index is 560. The van der Waals surface area contributed by atoms with Gasteiger partial charge in [-0.1, -0.05) is 11.8 Å². The molecule has 17 heavy (non-hydrogen) atoms. The Morgan fingerprint density at radius 3 is 2.65 bits per heavy atom. The van der Waals surface area contributed by atoms with Crippen molar-refractivity contribution in [2.24, 2.45) is 0 Å². The number of hydrogen-bond donors (Lipinski definition) is 0. The maximum atomic E-state index is 13.4. The molecule has 2 rings (SSSR count). The summed E-state index contributed by atoms with van der Waals surface area (Å²) in [4.78, 5) is 4.52. The van der Waals surface area contributed by atoms with Gasteiger partial charge in [-0.05, 0) is 46.6 Å². The van der Waals surface area contributed by atoms with E-state index in [1.54, 1.807) is 6.20 Å². The molecule has 0 fully saturated rings. The molecule has 0 radical (unpaired) electrons. The summed E-state index contributed by atoms with van der Waals surface area (Å²) in [6, 6.07) is 5.36. The van der Waals surface area contributed by atoms with E-state index in [4.69, 9.17) is 0 Å². The molecular formula is C12H8BrF2NS. The molecule has 1 heterocycles. The van der Waals surface area contributed by atoms with Crippen molar-refractivity contribution in [3.8, 4) is 0 Å². The van der Waals surface area contributed by atoms with E-state index in [0.29, 0.717) is 9.92 Å². The van der Waals surface area contributed by atoms with Gasteiger partial charge in [0.05, 0.1) is 0 Å². The molecule has 0 saturated heterocycles. The Morgan fingerprint density at radius 2 is 2.00 bits per heavy atom. The van der Waals surface area contributed by atoms with Crippen LogP contribution in [0.3, 0.4) is 0 Å². The number of aromatic nitrogens is 1. The van der Waals surface area contributed by atoms with E-state index in [1.807, 2.05) is 13.0 Å². The van der Waals surface area contributed by atoms with Gasteiger partial charge in [-0.15, -0.1) is 0 Å². The summed E-state index contributed by atoms with van der Waals surface area (Å²) in [5, 5.41) is 0.677. The van der Waals surface area contributed by atoms with Gasteiger partial charge in [0.2, 0.25) is 0 Å². The highest BCUT2D eigenvalue weighted by atomic mass is 79.9. The summed E-state index contributed by atoms with van der Waals surface area (Å²) in [5.74, 6) is -1.15. The van der Waals surface area contributed by atoms with E-state index >= 15 is 0 Å². The van der Waals surface area contributed by atoms with Crippen LogP contribution in [0.25, 0.3) is 0 Å². The van der Waals surface area contributed by atoms with Crippen molar-refractivity contribution in [3.63, 3.8) is 0 Å². The number of halogens is 3. The molecule has 0 saturated carbocycles. The number of aryl methyl sites for hydroxylation is 1. The van der Waals surface area contributed by atoms with Crippen LogP contribution in [0.5, 0.6) is 0 Å². The fourth-order valence-corrected chi connectivity index (χ4v) is 2.32. The number of hydrogen-bond acceptors (Lipinski definition) is 2. The number of pyridine rings is 1. The lowest BCUT2D eigenvalue weighted by molar-refractivity contribution is 0.565. The Labute approximate surface area is 110 Å². The average Bonchev–Trinajstić information content (AvgIpc) is 2.27. The first kappa shape index (κ1) is 12.5. The molecule has 0 aliphatic heterocycles. The topological polar surface area (TPSA) is 12.9 Å². The normalized spacial score (nSPS) is 10.6. The molecule has 0 amide bonds. The molecule has 0 bridgehead atoms. The molecular weight excluding hydrogens is 308 g/mol. The number of nitrogens with zero attached hydrogens (tertiary/aromatic N) is 1. The third kappa shape index (κ3) is 3.04. The van der Waals surface area contributed by atoms with Crippen molar-refractivity contribution >= 4 is 27.7 Å². The Kier molecular flexibility index (Phi) is 3.79. The quantitative estimate of drug-likeness (QED) is 0.804. The second-order valence-electron chi connectivity index (χ2n) is 3.45. The molecule has 2 aromatic rings. The van der Waals surface area contributed by atoms with Crippen molar-refractivity contribution in [1.82, 2.24) is 4.98 Å². The van der Waals surface area contributed by atoms with Gasteiger partial charge in [-0.2, -0.15) is 0 Å². The zero-order chi connectivity index (χ0) is 12.4. The molecule has 0 atom stereocenters. The van der Waals surface area contributed by atoms with Crippen LogP contribution in [0.15, 0.2) is 44.9 Å². The predicted octanol–water partition coefficient (Wildman–Crippen LogP) is 4.58. The van der Waals surface area contributed by atoms with Gasteiger partial charge in [0.15, 0.2) is 0 Å². The highest BCUT2D eigenvalue weighted by Crippen LogP contribution is 2.30. The first-order chi connectivity index (χ1) is 8.06. The van der Waals surface area contributed by atoms with Crippen molar-refractivity contribution in [3.05, 3.63) is 52.1 Å². The molecule has 0 unspecified atom stereocenters. The van der Waals surface area contributed by atoms with Crippen LogP contribution >= 0.6 is 27.7 Å². The molecule has 0 aliphatic carbocycles. The minimum atomic E-state index is -0.577. The standard InChI is InChI=1S/C12H8BrF2NS/c1-7-4-12(16-6-9(7)13)17-11-3-2-8(14)5-10(11)15/h2-6H,1H3. The van der Waals surface area contributed by atoms with E-state index in [1.165, 1.54) is 23.9 Å². The van der Waals surface area contributed by atoms with E-state index in [2.05, 4.69) is 20.9 Å². The van der Waals surface area contributed by atoms with Crippen LogP contribution in [0, 0.1) is 18.6 Å². The van der Waals surface area contributed by atoms with Gasteiger partial charge < -0.3 is 0 Å². The fraction of sp³-hybridized carbons (Fsp3) is 0.0833. The van der Waals surface area contributed by atoms with Crippen LogP contribution in [-0.4, -0.2) is 4.98 Å². The van der Waals surface area contributed by atoms with Crippen LogP contribution in [0.4, 0.5) is 8.78 Å². The molecule has 5 heteroatoms. The zero-order valence-corrected chi connectivity index (χ0v) is 11.3. The molecule has 1 aromatic carbocycles. The summed E-state index contributed by atoms with van der Waals surface area (Å²) in [5.41, 5.74) is 1.02. The molecule has 88 valence electrons. The third-order valence-electron chi connectivity index (χ3n) is 2.13. The van der Waals surface area contributed by atoms with Crippen LogP contribution in [-0.2, 0) is 0 Å². The van der Waals surface area contributed by atoms with Crippen molar-refractivity contribution in [1.29, 1.82) is 0 Å². The third-order valence-corrected chi connectivity index (χ3v) is 3.94. The second-order valence-corrected chi connectivity index (χ2v) is 5.37. The minimum Gasteiger partial charge on any atom is -0.248 e. The van der Waals surface area contributed by atoms with Crippen LogP contribution in [0.2, 0.25) is 0 Å². The zero-order valence-electron chi connectivity index (χ0n) is 8.88. The molecule has 0 N–H and O–H groups in total. The maximum Gasteiger partial charge on any atom is 0.140 e. The first-order valence-corrected chi connectivity index (χ1v) is 6.42. The highest BCUT2D eigenvalue weighted by Gasteiger charge is 2.07. The summed E-state index contributed by atoms with van der Waals surface area (Å²) in [7, 11) is 0. The summed E-state index contributed by atoms with van der Waals surface area (Å²) >= 11 is 4.52. The fourth-order valence-electron chi connectivity index (χ4n) is 1.24. The minimum absolute atomic E-state index is 0.362. The Balaban J connectivity index is 2.28. The number of rotatable bonds is 2. The summed E-state index contributed by atoms with van der Waals surface area (Å²) < 4.78 is 27.1. The maximum absolute atomic E-state index is 13.4. The smallest absolute Gasteiger partial charge is 0.140 e. The Hall–Kier alpha value is -0.940. The second kappa shape index (κ2) is 5.14. The van der Waals surface area contributed by atoms with Gasteiger partial charge >= 0.3 is 0 Å². The molecule has 0 spiro atoms. The lowest BCUT2D eigenvalue weighted by atomic mass is 10.3. The monoisotopic (exact) mass is 315 g/mol. The van der Waals surface area contributed by atoms with Crippen molar-refractivity contribution in [2.75, 3.05) is 0 Å². The molecule has 1 nitrogen and oxygen atoms in total.